The van der Waals surface area contributed by atoms with Crippen molar-refractivity contribution < 1.29 is 24.2 Å². The van der Waals surface area contributed by atoms with E-state index >= 15 is 0 Å². The Morgan fingerprint density at radius 2 is 1.58 bits per heavy atom. The summed E-state index contributed by atoms with van der Waals surface area (Å²) >= 11 is 0. The summed E-state index contributed by atoms with van der Waals surface area (Å²) in [6.07, 6.45) is 4.48. The summed E-state index contributed by atoms with van der Waals surface area (Å²) in [5.41, 5.74) is 1.53. The number of ketones is 2. The van der Waals surface area contributed by atoms with Gasteiger partial charge in [-0.05, 0) is 67.9 Å². The summed E-state index contributed by atoms with van der Waals surface area (Å²) in [7, 11) is 0. The third-order valence-electron chi connectivity index (χ3n) is 8.21. The van der Waals surface area contributed by atoms with Gasteiger partial charge in [-0.3, -0.25) is 9.59 Å². The number of carbonyl (C=O) groups is 3. The van der Waals surface area contributed by atoms with Gasteiger partial charge in [-0.2, -0.15) is 0 Å². The van der Waals surface area contributed by atoms with Crippen molar-refractivity contribution in [2.45, 2.75) is 72.0 Å². The minimum atomic E-state index is -1.68. The number of rotatable bonds is 3. The number of hydrogen-bond donors (Lipinski definition) is 1. The van der Waals surface area contributed by atoms with Crippen LogP contribution in [0.2, 0.25) is 0 Å². The van der Waals surface area contributed by atoms with Crippen LogP contribution in [0.4, 0.5) is 0 Å². The maximum atomic E-state index is 13.6. The van der Waals surface area contributed by atoms with E-state index < -0.39 is 29.0 Å². The zero-order chi connectivity index (χ0) is 27.7. The summed E-state index contributed by atoms with van der Waals surface area (Å²) in [5, 5.41) is 11.8. The Morgan fingerprint density at radius 3 is 2.24 bits per heavy atom. The van der Waals surface area contributed by atoms with Crippen molar-refractivity contribution in [3.05, 3.63) is 83.5 Å². The Morgan fingerprint density at radius 1 is 0.947 bits per heavy atom. The minimum absolute atomic E-state index is 0.138. The summed E-state index contributed by atoms with van der Waals surface area (Å²) < 4.78 is 6.02. The van der Waals surface area contributed by atoms with Crippen LogP contribution in [0.3, 0.4) is 0 Å². The molecule has 2 aromatic rings. The number of benzene rings is 2. The van der Waals surface area contributed by atoms with Gasteiger partial charge >= 0.3 is 5.97 Å². The standard InChI is InChI=1S/C33H38O5/c1-21-11-16-28(34)32(4,5)18-17-22(2)30(35)33(37)20-23(3)29(27(33)19-21)38-31(36)26-14-12-25(13-15-26)24-9-7-6-8-10-24/h6-10,12-15,17,19,23,27,29,37H,11,16,18,20H2,1-5H3/b21-19+,22-17+/t23-,27-,29+,33+/m0/s1. The molecule has 0 amide bonds. The second-order valence-corrected chi connectivity index (χ2v) is 11.7. The van der Waals surface area contributed by atoms with Gasteiger partial charge in [0.15, 0.2) is 5.78 Å². The molecule has 0 heterocycles. The van der Waals surface area contributed by atoms with Gasteiger partial charge in [0.25, 0.3) is 0 Å². The average molecular weight is 515 g/mol. The van der Waals surface area contributed by atoms with Crippen molar-refractivity contribution in [2.75, 3.05) is 0 Å². The number of Topliss-reactive ketones (excluding diaryl/α,β-unsaturated/α-hetero) is 2. The Hall–Kier alpha value is -3.31. The van der Waals surface area contributed by atoms with Crippen LogP contribution in [0, 0.1) is 17.3 Å². The average Bonchev–Trinajstić information content (AvgIpc) is 3.14. The molecule has 1 N–H and O–H groups in total. The molecule has 0 aliphatic heterocycles. The molecular formula is C33H38O5. The number of hydrogen-bond acceptors (Lipinski definition) is 5. The van der Waals surface area contributed by atoms with E-state index in [1.54, 1.807) is 25.1 Å². The van der Waals surface area contributed by atoms with Crippen LogP contribution in [0.15, 0.2) is 77.9 Å². The lowest BCUT2D eigenvalue weighted by molar-refractivity contribution is -0.137. The van der Waals surface area contributed by atoms with Gasteiger partial charge in [-0.15, -0.1) is 0 Å². The van der Waals surface area contributed by atoms with Crippen LogP contribution in [-0.2, 0) is 14.3 Å². The third-order valence-corrected chi connectivity index (χ3v) is 8.21. The third kappa shape index (κ3) is 5.58. The maximum Gasteiger partial charge on any atom is 0.338 e. The van der Waals surface area contributed by atoms with E-state index in [0.717, 1.165) is 16.7 Å². The largest absolute Gasteiger partial charge is 0.458 e. The predicted molar refractivity (Wildman–Crippen MR) is 148 cm³/mol. The highest BCUT2D eigenvalue weighted by atomic mass is 16.5. The Labute approximate surface area is 225 Å². The number of allylic oxidation sites excluding steroid dienone is 2. The maximum absolute atomic E-state index is 13.6. The van der Waals surface area contributed by atoms with E-state index in [2.05, 4.69) is 0 Å². The van der Waals surface area contributed by atoms with Crippen LogP contribution >= 0.6 is 0 Å². The van der Waals surface area contributed by atoms with E-state index in [4.69, 9.17) is 4.74 Å². The zero-order valence-corrected chi connectivity index (χ0v) is 23.0. The van der Waals surface area contributed by atoms with Crippen molar-refractivity contribution in [2.24, 2.45) is 17.3 Å². The SMILES string of the molecule is C/C1=C\[C@H]2[C@H](OC(=O)c3ccc(-c4ccccc4)cc3)[C@@H](C)C[C@]2(O)C(=O)/C(C)=C/CC(C)(C)C(=O)CC1. The molecule has 2 aliphatic carbocycles. The first-order valence-corrected chi connectivity index (χ1v) is 13.4. The molecule has 5 heteroatoms. The Bertz CT molecular complexity index is 1270. The van der Waals surface area contributed by atoms with Crippen LogP contribution in [0.1, 0.15) is 70.7 Å². The smallest absolute Gasteiger partial charge is 0.338 e. The summed E-state index contributed by atoms with van der Waals surface area (Å²) in [5.74, 6) is -1.66. The molecule has 0 spiro atoms. The zero-order valence-electron chi connectivity index (χ0n) is 23.0. The molecule has 1 fully saturated rings. The van der Waals surface area contributed by atoms with Gasteiger partial charge in [0.1, 0.15) is 17.5 Å². The van der Waals surface area contributed by atoms with Gasteiger partial charge in [-0.1, -0.05) is 81.0 Å². The molecule has 0 saturated heterocycles. The molecule has 4 atom stereocenters. The van der Waals surface area contributed by atoms with Crippen molar-refractivity contribution >= 4 is 17.5 Å². The number of carbonyl (C=O) groups excluding carboxylic acids is 3. The lowest BCUT2D eigenvalue weighted by atomic mass is 9.77. The van der Waals surface area contributed by atoms with E-state index in [1.807, 2.05) is 76.2 Å². The van der Waals surface area contributed by atoms with E-state index in [0.29, 0.717) is 30.4 Å². The lowest BCUT2D eigenvalue weighted by Crippen LogP contribution is -2.45. The molecule has 1 saturated carbocycles. The highest BCUT2D eigenvalue weighted by molar-refractivity contribution is 6.02. The van der Waals surface area contributed by atoms with Crippen molar-refractivity contribution in [3.63, 3.8) is 0 Å². The van der Waals surface area contributed by atoms with Crippen molar-refractivity contribution in [3.8, 4) is 11.1 Å². The fraction of sp³-hybridized carbons (Fsp3) is 0.424. The molecule has 2 aromatic carbocycles. The first-order chi connectivity index (χ1) is 17.9. The molecule has 0 bridgehead atoms. The molecule has 4 rings (SSSR count). The van der Waals surface area contributed by atoms with E-state index in [1.165, 1.54) is 0 Å². The van der Waals surface area contributed by atoms with Gasteiger partial charge in [0, 0.05) is 11.8 Å². The van der Waals surface area contributed by atoms with Gasteiger partial charge in [0.2, 0.25) is 0 Å². The topological polar surface area (TPSA) is 80.7 Å². The highest BCUT2D eigenvalue weighted by Crippen LogP contribution is 2.45. The van der Waals surface area contributed by atoms with Crippen LogP contribution in [0.5, 0.6) is 0 Å². The second-order valence-electron chi connectivity index (χ2n) is 11.7. The Balaban J connectivity index is 1.62. The fourth-order valence-electron chi connectivity index (χ4n) is 5.65. The minimum Gasteiger partial charge on any atom is -0.458 e. The summed E-state index contributed by atoms with van der Waals surface area (Å²) in [6, 6.07) is 17.2. The molecule has 38 heavy (non-hydrogen) atoms. The predicted octanol–water partition coefficient (Wildman–Crippen LogP) is 6.51. The molecule has 0 aromatic heterocycles. The van der Waals surface area contributed by atoms with Gasteiger partial charge in [0.05, 0.1) is 11.5 Å². The van der Waals surface area contributed by atoms with Crippen LogP contribution in [-0.4, -0.2) is 34.3 Å². The second kappa shape index (κ2) is 10.8. The first kappa shape index (κ1) is 27.7. The molecule has 2 aliphatic rings. The number of aliphatic hydroxyl groups is 1. The molecule has 5 nitrogen and oxygen atoms in total. The highest BCUT2D eigenvalue weighted by Gasteiger charge is 2.56. The summed E-state index contributed by atoms with van der Waals surface area (Å²) in [4.78, 5) is 39.7. The summed E-state index contributed by atoms with van der Waals surface area (Å²) in [6.45, 7) is 9.29. The van der Waals surface area contributed by atoms with E-state index in [9.17, 15) is 19.5 Å². The monoisotopic (exact) mass is 514 g/mol. The number of esters is 1. The fourth-order valence-corrected chi connectivity index (χ4v) is 5.65. The van der Waals surface area contributed by atoms with Gasteiger partial charge in [-0.25, -0.2) is 4.79 Å². The number of fused-ring (bicyclic) bond motifs is 1. The first-order valence-electron chi connectivity index (χ1n) is 13.4. The Kier molecular flexibility index (Phi) is 7.89. The van der Waals surface area contributed by atoms with Gasteiger partial charge < -0.3 is 9.84 Å². The molecule has 0 radical (unpaired) electrons. The number of ether oxygens (including phenoxy) is 1. The van der Waals surface area contributed by atoms with Crippen LogP contribution < -0.4 is 0 Å². The van der Waals surface area contributed by atoms with Crippen LogP contribution in [0.25, 0.3) is 11.1 Å². The molecule has 200 valence electrons. The van der Waals surface area contributed by atoms with E-state index in [-0.39, 0.29) is 23.9 Å². The molecule has 0 unspecified atom stereocenters. The molecular weight excluding hydrogens is 476 g/mol. The quantitative estimate of drug-likeness (QED) is 0.373. The normalized spacial score (nSPS) is 30.6. The van der Waals surface area contributed by atoms with Crippen molar-refractivity contribution in [1.82, 2.24) is 0 Å². The lowest BCUT2D eigenvalue weighted by Gasteiger charge is -2.31. The van der Waals surface area contributed by atoms with Crippen molar-refractivity contribution in [1.29, 1.82) is 0 Å².